The molecule has 13 aliphatic rings. The van der Waals surface area contributed by atoms with Crippen molar-refractivity contribution in [3.05, 3.63) is 97.2 Å². The van der Waals surface area contributed by atoms with Crippen molar-refractivity contribution < 1.29 is 0 Å². The lowest BCUT2D eigenvalue weighted by atomic mass is 9.73. The summed E-state index contributed by atoms with van der Waals surface area (Å²) in [6.07, 6.45) is 52.4. The number of fused-ring (bicyclic) bond motifs is 20. The molecule has 47 heavy (non-hydrogen) atoms. The molecule has 0 aromatic rings. The minimum absolute atomic E-state index is 0.806. The standard InChI is InChI=1S/C12H16.C10H12.2C9H12.C7H10/c1-2-8-5-7(1)11-9-3-4-10(6-9)12(8)11;1-2-9-7-4-5-8(6-7)10(9)3-1;2*1-2-8-5-7-3-4-9(8)6-7;1-2-7-4-3-6(1)5-7/h1-2,7-12H,3-6H2;1-2,4-5,7-10H,3,6H2;2-4,7,9H,5-6H2,1H3;2-4,7-9H,1,5-6H2;1-2,6-7H,3-5H2/b;;8-2+;;. The maximum absolute atomic E-state index is 3.83. The van der Waals surface area contributed by atoms with Crippen LogP contribution in [0.3, 0.4) is 0 Å². The van der Waals surface area contributed by atoms with Gasteiger partial charge in [0.05, 0.1) is 0 Å². The van der Waals surface area contributed by atoms with Crippen LogP contribution >= 0.6 is 0 Å². The molecule has 13 rings (SSSR count). The Morgan fingerprint density at radius 1 is 0.553 bits per heavy atom. The van der Waals surface area contributed by atoms with E-state index in [0.29, 0.717) is 0 Å². The number of rotatable bonds is 1. The highest BCUT2D eigenvalue weighted by atomic mass is 14.6. The Kier molecular flexibility index (Phi) is 8.55. The molecule has 17 atom stereocenters. The van der Waals surface area contributed by atoms with Crippen LogP contribution in [-0.2, 0) is 0 Å². The van der Waals surface area contributed by atoms with Gasteiger partial charge in [-0.15, -0.1) is 6.58 Å². The van der Waals surface area contributed by atoms with Crippen LogP contribution in [0.15, 0.2) is 97.2 Å². The van der Waals surface area contributed by atoms with Crippen LogP contribution in [0.1, 0.15) is 90.4 Å². The first-order valence-electron chi connectivity index (χ1n) is 20.5. The molecular weight excluding hydrogens is 565 g/mol. The molecule has 0 amide bonds. The molecule has 0 heteroatoms. The third-order valence-electron chi connectivity index (χ3n) is 16.0. The van der Waals surface area contributed by atoms with E-state index in [-0.39, 0.29) is 0 Å². The lowest BCUT2D eigenvalue weighted by Gasteiger charge is -2.31. The van der Waals surface area contributed by atoms with Gasteiger partial charge in [0.15, 0.2) is 0 Å². The second-order valence-corrected chi connectivity index (χ2v) is 18.2. The van der Waals surface area contributed by atoms with Gasteiger partial charge in [-0.1, -0.05) is 90.6 Å². The van der Waals surface area contributed by atoms with Crippen LogP contribution in [-0.4, -0.2) is 0 Å². The highest BCUT2D eigenvalue weighted by molar-refractivity contribution is 5.26. The van der Waals surface area contributed by atoms with Crippen molar-refractivity contribution in [2.75, 3.05) is 0 Å². The largest absolute Gasteiger partial charge is 0.103 e. The first-order valence-corrected chi connectivity index (χ1v) is 20.5. The molecule has 250 valence electrons. The summed E-state index contributed by atoms with van der Waals surface area (Å²) in [5.74, 6) is 16.8. The molecule has 0 aliphatic heterocycles. The fourth-order valence-electron chi connectivity index (χ4n) is 13.7. The summed E-state index contributed by atoms with van der Waals surface area (Å²) in [5.41, 5.74) is 1.67. The summed E-state index contributed by atoms with van der Waals surface area (Å²) in [7, 11) is 0. The molecule has 0 heterocycles. The van der Waals surface area contributed by atoms with E-state index >= 15 is 0 Å². The highest BCUT2D eigenvalue weighted by Crippen LogP contribution is 2.65. The molecule has 12 bridgehead atoms. The average Bonchev–Trinajstić information content (AvgIpc) is 3.99. The fraction of sp³-hybridized carbons (Fsp3) is 0.660. The van der Waals surface area contributed by atoms with Gasteiger partial charge in [-0.2, -0.15) is 0 Å². The Bertz CT molecular complexity index is 1340. The summed E-state index contributed by atoms with van der Waals surface area (Å²) in [6.45, 7) is 5.98. The Balaban J connectivity index is 0.0000000814. The first-order chi connectivity index (χ1) is 23.1. The monoisotopic (exact) mass is 626 g/mol. The van der Waals surface area contributed by atoms with Gasteiger partial charge >= 0.3 is 0 Å². The smallest absolute Gasteiger partial charge is 0.00174 e. The van der Waals surface area contributed by atoms with E-state index in [1.165, 1.54) is 64.2 Å². The topological polar surface area (TPSA) is 0 Å². The van der Waals surface area contributed by atoms with E-state index in [4.69, 9.17) is 0 Å². The molecular formula is C47H62. The van der Waals surface area contributed by atoms with Crippen molar-refractivity contribution in [1.82, 2.24) is 0 Å². The van der Waals surface area contributed by atoms with Crippen LogP contribution < -0.4 is 0 Å². The number of allylic oxidation sites excluding steroid dienone is 15. The van der Waals surface area contributed by atoms with Gasteiger partial charge in [0, 0.05) is 0 Å². The molecule has 7 fully saturated rings. The minimum atomic E-state index is 0.806. The molecule has 0 aromatic heterocycles. The van der Waals surface area contributed by atoms with E-state index in [9.17, 15) is 0 Å². The van der Waals surface area contributed by atoms with Gasteiger partial charge in [0.2, 0.25) is 0 Å². The van der Waals surface area contributed by atoms with Gasteiger partial charge < -0.3 is 0 Å². The van der Waals surface area contributed by atoms with Gasteiger partial charge in [-0.05, 0) is 191 Å². The average molecular weight is 627 g/mol. The lowest BCUT2D eigenvalue weighted by Crippen LogP contribution is -2.25. The van der Waals surface area contributed by atoms with Crippen molar-refractivity contribution in [1.29, 1.82) is 0 Å². The second-order valence-electron chi connectivity index (χ2n) is 18.2. The first kappa shape index (κ1) is 30.9. The molecule has 0 aromatic carbocycles. The van der Waals surface area contributed by atoms with Gasteiger partial charge in [-0.3, -0.25) is 0 Å². The predicted molar refractivity (Wildman–Crippen MR) is 198 cm³/mol. The Hall–Kier alpha value is -2.08. The van der Waals surface area contributed by atoms with Gasteiger partial charge in [0.1, 0.15) is 0 Å². The van der Waals surface area contributed by atoms with Crippen molar-refractivity contribution in [3.63, 3.8) is 0 Å². The Morgan fingerprint density at radius 2 is 1.21 bits per heavy atom. The maximum atomic E-state index is 3.83. The van der Waals surface area contributed by atoms with Gasteiger partial charge in [0.25, 0.3) is 0 Å². The van der Waals surface area contributed by atoms with E-state index in [0.717, 1.165) is 101 Å². The molecule has 7 saturated carbocycles. The van der Waals surface area contributed by atoms with E-state index in [1.54, 1.807) is 24.8 Å². The Morgan fingerprint density at radius 3 is 1.70 bits per heavy atom. The number of hydrogen-bond acceptors (Lipinski definition) is 0. The molecule has 17 unspecified atom stereocenters. The van der Waals surface area contributed by atoms with Crippen LogP contribution in [0.4, 0.5) is 0 Å². The van der Waals surface area contributed by atoms with Crippen molar-refractivity contribution >= 4 is 0 Å². The van der Waals surface area contributed by atoms with E-state index < -0.39 is 0 Å². The quantitative estimate of drug-likeness (QED) is 0.201. The third kappa shape index (κ3) is 5.84. The summed E-state index contributed by atoms with van der Waals surface area (Å²) in [6, 6.07) is 0. The zero-order valence-electron chi connectivity index (χ0n) is 29.3. The molecule has 0 N–H and O–H groups in total. The molecule has 0 spiro atoms. The Labute approximate surface area is 287 Å². The minimum Gasteiger partial charge on any atom is -0.103 e. The second kappa shape index (κ2) is 13.0. The molecule has 13 aliphatic carbocycles. The summed E-state index contributed by atoms with van der Waals surface area (Å²) in [4.78, 5) is 0. The van der Waals surface area contributed by atoms with Gasteiger partial charge in [-0.25, -0.2) is 0 Å². The highest BCUT2D eigenvalue weighted by Gasteiger charge is 2.57. The van der Waals surface area contributed by atoms with Crippen LogP contribution in [0.5, 0.6) is 0 Å². The van der Waals surface area contributed by atoms with Crippen molar-refractivity contribution in [2.45, 2.75) is 90.4 Å². The molecule has 0 radical (unpaired) electrons. The third-order valence-corrected chi connectivity index (χ3v) is 16.0. The summed E-state index contributed by atoms with van der Waals surface area (Å²) < 4.78 is 0. The maximum Gasteiger partial charge on any atom is -0.00174 e. The summed E-state index contributed by atoms with van der Waals surface area (Å²) in [5, 5.41) is 0. The SMILES string of the molecule is C/C=C1\CC2C=CC1C2.C1=CC2C3C=CC(C3)C2C1.C1=CC2CC1C1C3CCC(C3)C21.C1=CC2CCC1C2.C=CC1CC2C=CC1C2. The van der Waals surface area contributed by atoms with Crippen molar-refractivity contribution in [2.24, 2.45) is 101 Å². The lowest BCUT2D eigenvalue weighted by molar-refractivity contribution is 0.206. The van der Waals surface area contributed by atoms with E-state index in [2.05, 4.69) is 98.6 Å². The number of hydrogen-bond donors (Lipinski definition) is 0. The molecule has 0 nitrogen and oxygen atoms in total. The van der Waals surface area contributed by atoms with Crippen LogP contribution in [0.25, 0.3) is 0 Å². The summed E-state index contributed by atoms with van der Waals surface area (Å²) >= 11 is 0. The van der Waals surface area contributed by atoms with Crippen LogP contribution in [0.2, 0.25) is 0 Å². The van der Waals surface area contributed by atoms with E-state index in [1.807, 2.05) is 0 Å². The molecule has 0 saturated heterocycles. The van der Waals surface area contributed by atoms with Crippen molar-refractivity contribution in [3.8, 4) is 0 Å². The zero-order chi connectivity index (χ0) is 31.5. The zero-order valence-corrected chi connectivity index (χ0v) is 29.3. The fourth-order valence-corrected chi connectivity index (χ4v) is 13.7. The predicted octanol–water partition coefficient (Wildman–Crippen LogP) is 12.1. The van der Waals surface area contributed by atoms with Crippen LogP contribution in [0, 0.1) is 101 Å². The normalized spacial score (nSPS) is 51.9.